The molecule has 2 aliphatic rings. The molecule has 154 valence electrons. The fraction of sp³-hybridized carbons (Fsp3) is 0.429. The van der Waals surface area contributed by atoms with Crippen LogP contribution in [-0.4, -0.2) is 48.0 Å². The van der Waals surface area contributed by atoms with Gasteiger partial charge in [0.15, 0.2) is 0 Å². The van der Waals surface area contributed by atoms with E-state index in [1.807, 2.05) is 0 Å². The monoisotopic (exact) mass is 400 g/mol. The number of hydrogen-bond donors (Lipinski definition) is 2. The van der Waals surface area contributed by atoms with Gasteiger partial charge in [-0.1, -0.05) is 6.07 Å². The van der Waals surface area contributed by atoms with Crippen LogP contribution in [0.2, 0.25) is 0 Å². The molecule has 5 rings (SSSR count). The van der Waals surface area contributed by atoms with Crippen LogP contribution in [0.4, 0.5) is 10.2 Å². The number of fused-ring (bicyclic) bond motifs is 2. The van der Waals surface area contributed by atoms with Gasteiger partial charge in [-0.2, -0.15) is 0 Å². The second kappa shape index (κ2) is 7.61. The molecule has 3 aromatic rings. The zero-order chi connectivity index (χ0) is 19.8. The Labute approximate surface area is 169 Å². The molecule has 0 saturated heterocycles. The van der Waals surface area contributed by atoms with Crippen molar-refractivity contribution in [1.82, 2.24) is 15.0 Å². The lowest BCUT2D eigenvalue weighted by Gasteiger charge is -2.34. The van der Waals surface area contributed by atoms with Crippen molar-refractivity contribution in [3.63, 3.8) is 0 Å². The van der Waals surface area contributed by atoms with Crippen molar-refractivity contribution in [3.8, 4) is 5.75 Å². The summed E-state index contributed by atoms with van der Waals surface area (Å²) < 4.78 is 30.6. The minimum Gasteiger partial charge on any atom is -0.490 e. The standard InChI is InChI=1S/C21H23FN4O3.H2/c1-27-6-7-28-18-10-29-17-8-13(22)4-5-14(17)19(18)26-21-15-9-16(12-2-3-12)25-20(15)23-11-24-21;/h4-5,8-9,11-12,18-19H,2-3,6-7,10H2,1H3,(H2,23,24,25,26);1H/t18-,19-;/m0./s1. The first-order valence-corrected chi connectivity index (χ1v) is 9.86. The Kier molecular flexibility index (Phi) is 4.81. The fourth-order valence-electron chi connectivity index (χ4n) is 3.79. The first-order valence-electron chi connectivity index (χ1n) is 9.86. The third-order valence-corrected chi connectivity index (χ3v) is 5.46. The molecule has 0 radical (unpaired) electrons. The normalized spacial score (nSPS) is 21.0. The topological polar surface area (TPSA) is 81.3 Å². The summed E-state index contributed by atoms with van der Waals surface area (Å²) in [6.07, 6.45) is 3.69. The Morgan fingerprint density at radius 1 is 1.28 bits per heavy atom. The van der Waals surface area contributed by atoms with E-state index in [0.29, 0.717) is 31.5 Å². The van der Waals surface area contributed by atoms with Crippen LogP contribution in [0.15, 0.2) is 30.6 Å². The molecule has 1 fully saturated rings. The number of halogens is 1. The highest BCUT2D eigenvalue weighted by Gasteiger charge is 2.33. The molecule has 0 bridgehead atoms. The molecule has 2 atom stereocenters. The van der Waals surface area contributed by atoms with Gasteiger partial charge in [0.05, 0.1) is 24.6 Å². The number of H-pyrrole nitrogens is 1. The fourth-order valence-corrected chi connectivity index (χ4v) is 3.79. The van der Waals surface area contributed by atoms with Gasteiger partial charge in [-0.3, -0.25) is 0 Å². The Morgan fingerprint density at radius 2 is 2.17 bits per heavy atom. The van der Waals surface area contributed by atoms with Crippen LogP contribution < -0.4 is 10.1 Å². The van der Waals surface area contributed by atoms with Gasteiger partial charge in [0.2, 0.25) is 0 Å². The highest BCUT2D eigenvalue weighted by molar-refractivity contribution is 5.88. The van der Waals surface area contributed by atoms with Gasteiger partial charge in [0.25, 0.3) is 0 Å². The molecule has 1 saturated carbocycles. The summed E-state index contributed by atoms with van der Waals surface area (Å²) in [6.45, 7) is 1.24. The third-order valence-electron chi connectivity index (χ3n) is 5.46. The lowest BCUT2D eigenvalue weighted by Crippen LogP contribution is -2.38. The first kappa shape index (κ1) is 18.3. The van der Waals surface area contributed by atoms with Gasteiger partial charge >= 0.3 is 0 Å². The van der Waals surface area contributed by atoms with E-state index in [4.69, 9.17) is 14.2 Å². The van der Waals surface area contributed by atoms with Crippen molar-refractivity contribution < 1.29 is 20.0 Å². The maximum atomic E-state index is 13.7. The van der Waals surface area contributed by atoms with Crippen molar-refractivity contribution >= 4 is 16.9 Å². The smallest absolute Gasteiger partial charge is 0.143 e. The number of aromatic nitrogens is 3. The minimum absolute atomic E-state index is 0. The summed E-state index contributed by atoms with van der Waals surface area (Å²) in [4.78, 5) is 12.3. The Hall–Kier alpha value is -2.71. The quantitative estimate of drug-likeness (QED) is 0.587. The van der Waals surface area contributed by atoms with Gasteiger partial charge in [-0.25, -0.2) is 14.4 Å². The molecule has 0 spiro atoms. The Balaban J connectivity index is 0.00000218. The van der Waals surface area contributed by atoms with Gasteiger partial charge < -0.3 is 24.5 Å². The molecule has 3 heterocycles. The molecular weight excluding hydrogens is 375 g/mol. The van der Waals surface area contributed by atoms with Crippen molar-refractivity contribution in [2.75, 3.05) is 32.2 Å². The molecule has 8 heteroatoms. The number of rotatable bonds is 7. The average molecular weight is 400 g/mol. The van der Waals surface area contributed by atoms with Crippen molar-refractivity contribution in [1.29, 1.82) is 0 Å². The van der Waals surface area contributed by atoms with E-state index in [0.717, 1.165) is 22.4 Å². The van der Waals surface area contributed by atoms with E-state index in [1.165, 1.54) is 30.7 Å². The highest BCUT2D eigenvalue weighted by Crippen LogP contribution is 2.42. The summed E-state index contributed by atoms with van der Waals surface area (Å²) in [7, 11) is 1.63. The van der Waals surface area contributed by atoms with Crippen LogP contribution in [0.3, 0.4) is 0 Å². The number of aromatic amines is 1. The first-order chi connectivity index (χ1) is 14.2. The number of nitrogens with zero attached hydrogens (tertiary/aromatic N) is 2. The zero-order valence-corrected chi connectivity index (χ0v) is 16.2. The largest absolute Gasteiger partial charge is 0.490 e. The van der Waals surface area contributed by atoms with E-state index in [-0.39, 0.29) is 19.4 Å². The maximum Gasteiger partial charge on any atom is 0.143 e. The molecule has 1 aliphatic carbocycles. The van der Waals surface area contributed by atoms with Crippen molar-refractivity contribution in [3.05, 3.63) is 47.7 Å². The summed E-state index contributed by atoms with van der Waals surface area (Å²) in [5, 5.41) is 4.45. The van der Waals surface area contributed by atoms with Gasteiger partial charge in [-0.05, 0) is 30.9 Å². The molecule has 2 aromatic heterocycles. The Morgan fingerprint density at radius 3 is 3.00 bits per heavy atom. The summed E-state index contributed by atoms with van der Waals surface area (Å²) in [6, 6.07) is 6.46. The number of ether oxygens (including phenoxy) is 3. The second-order valence-corrected chi connectivity index (χ2v) is 7.50. The van der Waals surface area contributed by atoms with Crippen LogP contribution in [0.1, 0.15) is 37.5 Å². The lowest BCUT2D eigenvalue weighted by atomic mass is 9.97. The zero-order valence-electron chi connectivity index (χ0n) is 16.2. The van der Waals surface area contributed by atoms with E-state index >= 15 is 0 Å². The molecule has 7 nitrogen and oxygen atoms in total. The van der Waals surface area contributed by atoms with Gasteiger partial charge in [-0.15, -0.1) is 0 Å². The summed E-state index contributed by atoms with van der Waals surface area (Å²) in [5.74, 6) is 1.51. The number of methoxy groups -OCH3 is 1. The second-order valence-electron chi connectivity index (χ2n) is 7.50. The maximum absolute atomic E-state index is 13.7. The molecule has 29 heavy (non-hydrogen) atoms. The molecular formula is C21H25FN4O3. The van der Waals surface area contributed by atoms with Gasteiger partial charge in [0.1, 0.15) is 42.1 Å². The number of anilines is 1. The number of hydrogen-bond acceptors (Lipinski definition) is 6. The van der Waals surface area contributed by atoms with Crippen LogP contribution in [-0.2, 0) is 9.47 Å². The van der Waals surface area contributed by atoms with E-state index in [1.54, 1.807) is 19.5 Å². The predicted molar refractivity (Wildman–Crippen MR) is 108 cm³/mol. The molecule has 2 N–H and O–H groups in total. The van der Waals surface area contributed by atoms with E-state index in [2.05, 4.69) is 26.3 Å². The highest BCUT2D eigenvalue weighted by atomic mass is 19.1. The SMILES string of the molecule is COCCO[C@H]1COc2cc(F)ccc2[C@@H]1Nc1ncnc2[nH]c(C3CC3)cc12.[HH]. The van der Waals surface area contributed by atoms with Crippen LogP contribution in [0, 0.1) is 5.82 Å². The molecule has 0 unspecified atom stereocenters. The average Bonchev–Trinajstić information content (AvgIpc) is 3.48. The molecule has 0 amide bonds. The van der Waals surface area contributed by atoms with Crippen LogP contribution in [0.5, 0.6) is 5.75 Å². The minimum atomic E-state index is -0.328. The van der Waals surface area contributed by atoms with Crippen molar-refractivity contribution in [2.24, 2.45) is 0 Å². The lowest BCUT2D eigenvalue weighted by molar-refractivity contribution is -0.0231. The Bertz CT molecular complexity index is 1030. The van der Waals surface area contributed by atoms with Crippen LogP contribution >= 0.6 is 0 Å². The third kappa shape index (κ3) is 3.65. The summed E-state index contributed by atoms with van der Waals surface area (Å²) in [5.41, 5.74) is 2.85. The molecule has 1 aromatic carbocycles. The van der Waals surface area contributed by atoms with Crippen LogP contribution in [0.25, 0.3) is 11.0 Å². The van der Waals surface area contributed by atoms with E-state index in [9.17, 15) is 4.39 Å². The number of nitrogens with one attached hydrogen (secondary N) is 2. The van der Waals surface area contributed by atoms with E-state index < -0.39 is 0 Å². The summed E-state index contributed by atoms with van der Waals surface area (Å²) >= 11 is 0. The molecule has 1 aliphatic heterocycles. The number of benzene rings is 1. The van der Waals surface area contributed by atoms with Crippen molar-refractivity contribution in [2.45, 2.75) is 30.9 Å². The predicted octanol–water partition coefficient (Wildman–Crippen LogP) is 3.80. The van der Waals surface area contributed by atoms with Gasteiger partial charge in [0, 0.05) is 25.9 Å².